The topological polar surface area (TPSA) is 37.4 Å². The Labute approximate surface area is 126 Å². The van der Waals surface area contributed by atoms with Crippen LogP contribution in [-0.4, -0.2) is 36.8 Å². The summed E-state index contributed by atoms with van der Waals surface area (Å²) in [5, 5.41) is 4.15. The van der Waals surface area contributed by atoms with Gasteiger partial charge in [0.2, 0.25) is 0 Å². The van der Waals surface area contributed by atoms with Crippen LogP contribution >= 0.6 is 11.6 Å². The third-order valence-corrected chi connectivity index (χ3v) is 3.58. The molecule has 2 rings (SSSR count). The minimum atomic E-state index is 0.0530. The molecular weight excluding hydrogens is 274 g/mol. The highest BCUT2D eigenvalue weighted by atomic mass is 35.5. The highest BCUT2D eigenvalue weighted by molar-refractivity contribution is 6.31. The molecule has 0 atom stereocenters. The second kappa shape index (κ2) is 6.74. The Morgan fingerprint density at radius 2 is 2.10 bits per heavy atom. The predicted molar refractivity (Wildman–Crippen MR) is 83.5 cm³/mol. The minimum Gasteiger partial charge on any atom is -0.380 e. The van der Waals surface area contributed by atoms with Crippen LogP contribution in [-0.2, 0) is 11.3 Å². The molecule has 1 fully saturated rings. The molecule has 0 saturated carbocycles. The van der Waals surface area contributed by atoms with E-state index in [4.69, 9.17) is 21.3 Å². The van der Waals surface area contributed by atoms with Crippen molar-refractivity contribution in [1.82, 2.24) is 10.3 Å². The highest BCUT2D eigenvalue weighted by Gasteiger charge is 2.15. The quantitative estimate of drug-likeness (QED) is 0.931. The Morgan fingerprint density at radius 1 is 1.30 bits per heavy atom. The molecule has 112 valence electrons. The fourth-order valence-corrected chi connectivity index (χ4v) is 2.27. The number of halogens is 1. The smallest absolute Gasteiger partial charge is 0.129 e. The van der Waals surface area contributed by atoms with E-state index >= 15 is 0 Å². The Bertz CT molecular complexity index is 437. The Balaban J connectivity index is 2.10. The summed E-state index contributed by atoms with van der Waals surface area (Å²) < 4.78 is 5.48. The lowest BCUT2D eigenvalue weighted by Crippen LogP contribution is -2.35. The van der Waals surface area contributed by atoms with E-state index in [1.807, 2.05) is 12.1 Å². The van der Waals surface area contributed by atoms with Crippen LogP contribution in [0.5, 0.6) is 0 Å². The lowest BCUT2D eigenvalue weighted by Gasteiger charge is -2.23. The van der Waals surface area contributed by atoms with Crippen LogP contribution in [0, 0.1) is 0 Å². The lowest BCUT2D eigenvalue weighted by atomic mass is 10.1. The van der Waals surface area contributed by atoms with Crippen LogP contribution in [0.3, 0.4) is 0 Å². The predicted octanol–water partition coefficient (Wildman–Crippen LogP) is 2.85. The molecule has 0 amide bonds. The van der Waals surface area contributed by atoms with E-state index in [2.05, 4.69) is 31.0 Å². The molecule has 0 aromatic carbocycles. The van der Waals surface area contributed by atoms with E-state index in [0.29, 0.717) is 6.54 Å². The van der Waals surface area contributed by atoms with Gasteiger partial charge >= 0.3 is 0 Å². The Kier molecular flexibility index (Phi) is 5.24. The lowest BCUT2D eigenvalue weighted by molar-refractivity contribution is 0.152. The monoisotopic (exact) mass is 297 g/mol. The second-order valence-electron chi connectivity index (χ2n) is 6.15. The maximum atomic E-state index is 6.25. The number of hydrogen-bond donors (Lipinski definition) is 1. The zero-order valence-corrected chi connectivity index (χ0v) is 13.3. The molecule has 2 heterocycles. The van der Waals surface area contributed by atoms with Gasteiger partial charge in [-0.1, -0.05) is 11.6 Å². The highest BCUT2D eigenvalue weighted by Crippen LogP contribution is 2.20. The first kappa shape index (κ1) is 15.5. The number of ether oxygens (including phenoxy) is 1. The number of anilines is 1. The Morgan fingerprint density at radius 3 is 2.85 bits per heavy atom. The van der Waals surface area contributed by atoms with E-state index in [1.165, 1.54) is 0 Å². The van der Waals surface area contributed by atoms with Crippen LogP contribution in [0.2, 0.25) is 5.02 Å². The third-order valence-electron chi connectivity index (χ3n) is 3.24. The zero-order chi connectivity index (χ0) is 14.6. The Hall–Kier alpha value is -0.840. The number of nitrogens with one attached hydrogen (secondary N) is 1. The van der Waals surface area contributed by atoms with Crippen molar-refractivity contribution in [1.29, 1.82) is 0 Å². The van der Waals surface area contributed by atoms with Gasteiger partial charge in [0.1, 0.15) is 5.82 Å². The van der Waals surface area contributed by atoms with E-state index in [1.54, 1.807) is 0 Å². The van der Waals surface area contributed by atoms with Gasteiger partial charge in [-0.3, -0.25) is 0 Å². The summed E-state index contributed by atoms with van der Waals surface area (Å²) in [6.07, 6.45) is 1.04. The SMILES string of the molecule is CC(C)(C)NCc1nc(N2CCCOCC2)ccc1Cl. The first-order valence-electron chi connectivity index (χ1n) is 7.19. The van der Waals surface area contributed by atoms with Crippen LogP contribution in [0.15, 0.2) is 12.1 Å². The van der Waals surface area contributed by atoms with Gasteiger partial charge in [-0.25, -0.2) is 4.98 Å². The summed E-state index contributed by atoms with van der Waals surface area (Å²) in [7, 11) is 0. The van der Waals surface area contributed by atoms with Crippen molar-refractivity contribution >= 4 is 17.4 Å². The standard InChI is InChI=1S/C15H24ClN3O/c1-15(2,3)17-11-13-12(16)5-6-14(18-13)19-7-4-9-20-10-8-19/h5-6,17H,4,7-11H2,1-3H3. The van der Waals surface area contributed by atoms with Crippen LogP contribution in [0.4, 0.5) is 5.82 Å². The molecular formula is C15H24ClN3O. The number of pyridine rings is 1. The molecule has 1 aliphatic heterocycles. The van der Waals surface area contributed by atoms with Crippen LogP contribution < -0.4 is 10.2 Å². The molecule has 1 N–H and O–H groups in total. The summed E-state index contributed by atoms with van der Waals surface area (Å²) in [6, 6.07) is 3.93. The first-order chi connectivity index (χ1) is 9.46. The average molecular weight is 298 g/mol. The third kappa shape index (κ3) is 4.62. The summed E-state index contributed by atoms with van der Waals surface area (Å²) in [5.74, 6) is 0.991. The maximum absolute atomic E-state index is 6.25. The molecule has 0 spiro atoms. The molecule has 1 aromatic rings. The number of nitrogens with zero attached hydrogens (tertiary/aromatic N) is 2. The van der Waals surface area contributed by atoms with Crippen molar-refractivity contribution in [3.63, 3.8) is 0 Å². The van der Waals surface area contributed by atoms with Crippen molar-refractivity contribution < 1.29 is 4.74 Å². The normalized spacial score (nSPS) is 17.1. The number of hydrogen-bond acceptors (Lipinski definition) is 4. The van der Waals surface area contributed by atoms with Gasteiger partial charge in [-0.2, -0.15) is 0 Å². The van der Waals surface area contributed by atoms with Crippen molar-refractivity contribution in [2.24, 2.45) is 0 Å². The van der Waals surface area contributed by atoms with E-state index in [9.17, 15) is 0 Å². The first-order valence-corrected chi connectivity index (χ1v) is 7.57. The largest absolute Gasteiger partial charge is 0.380 e. The van der Waals surface area contributed by atoms with E-state index < -0.39 is 0 Å². The van der Waals surface area contributed by atoms with Gasteiger partial charge in [-0.15, -0.1) is 0 Å². The van der Waals surface area contributed by atoms with Gasteiger partial charge in [-0.05, 0) is 39.3 Å². The van der Waals surface area contributed by atoms with Gasteiger partial charge < -0.3 is 15.0 Å². The molecule has 0 aliphatic carbocycles. The fourth-order valence-electron chi connectivity index (χ4n) is 2.10. The molecule has 0 radical (unpaired) electrons. The van der Waals surface area contributed by atoms with Crippen molar-refractivity contribution in [2.75, 3.05) is 31.2 Å². The van der Waals surface area contributed by atoms with E-state index in [-0.39, 0.29) is 5.54 Å². The van der Waals surface area contributed by atoms with Crippen molar-refractivity contribution in [2.45, 2.75) is 39.3 Å². The molecule has 1 aliphatic rings. The van der Waals surface area contributed by atoms with Crippen LogP contribution in [0.1, 0.15) is 32.9 Å². The molecule has 4 nitrogen and oxygen atoms in total. The number of rotatable bonds is 3. The molecule has 0 bridgehead atoms. The molecule has 1 saturated heterocycles. The zero-order valence-electron chi connectivity index (χ0n) is 12.6. The fraction of sp³-hybridized carbons (Fsp3) is 0.667. The molecule has 0 unspecified atom stereocenters. The van der Waals surface area contributed by atoms with Crippen molar-refractivity contribution in [3.8, 4) is 0 Å². The maximum Gasteiger partial charge on any atom is 0.129 e. The van der Waals surface area contributed by atoms with Gasteiger partial charge in [0.05, 0.1) is 17.3 Å². The van der Waals surface area contributed by atoms with Crippen molar-refractivity contribution in [3.05, 3.63) is 22.8 Å². The molecule has 20 heavy (non-hydrogen) atoms. The van der Waals surface area contributed by atoms with E-state index in [0.717, 1.165) is 49.3 Å². The summed E-state index contributed by atoms with van der Waals surface area (Å²) in [6.45, 7) is 10.6. The average Bonchev–Trinajstić information content (AvgIpc) is 2.66. The van der Waals surface area contributed by atoms with Gasteiger partial charge in [0.25, 0.3) is 0 Å². The summed E-state index contributed by atoms with van der Waals surface area (Å²) >= 11 is 6.25. The van der Waals surface area contributed by atoms with Crippen LogP contribution in [0.25, 0.3) is 0 Å². The summed E-state index contributed by atoms with van der Waals surface area (Å²) in [5.41, 5.74) is 0.960. The second-order valence-corrected chi connectivity index (χ2v) is 6.56. The molecule has 1 aromatic heterocycles. The summed E-state index contributed by atoms with van der Waals surface area (Å²) in [4.78, 5) is 6.98. The number of aromatic nitrogens is 1. The molecule has 5 heteroatoms. The van der Waals surface area contributed by atoms with Gasteiger partial charge in [0, 0.05) is 31.8 Å². The minimum absolute atomic E-state index is 0.0530. The van der Waals surface area contributed by atoms with Gasteiger partial charge in [0.15, 0.2) is 0 Å².